The van der Waals surface area contributed by atoms with Crippen molar-refractivity contribution in [3.63, 3.8) is 0 Å². The molecule has 0 unspecified atom stereocenters. The van der Waals surface area contributed by atoms with Crippen molar-refractivity contribution in [2.24, 2.45) is 0 Å². The van der Waals surface area contributed by atoms with Gasteiger partial charge in [-0.15, -0.1) is 0 Å². The summed E-state index contributed by atoms with van der Waals surface area (Å²) in [7, 11) is 1.60. The summed E-state index contributed by atoms with van der Waals surface area (Å²) in [6, 6.07) is 7.27. The number of nitrogens with one attached hydrogen (secondary N) is 1. The fourth-order valence-electron chi connectivity index (χ4n) is 5.43. The van der Waals surface area contributed by atoms with Crippen LogP contribution in [-0.4, -0.2) is 126 Å². The van der Waals surface area contributed by atoms with Gasteiger partial charge in [-0.25, -0.2) is 9.78 Å². The van der Waals surface area contributed by atoms with Gasteiger partial charge in [0.2, 0.25) is 5.91 Å². The lowest BCUT2D eigenvalue weighted by Gasteiger charge is -2.35. The molecule has 4 amide bonds. The number of benzene rings is 1. The van der Waals surface area contributed by atoms with Crippen LogP contribution in [0.4, 0.5) is 4.79 Å². The van der Waals surface area contributed by atoms with Crippen molar-refractivity contribution < 1.29 is 43.3 Å². The summed E-state index contributed by atoms with van der Waals surface area (Å²) < 4.78 is 16.2. The van der Waals surface area contributed by atoms with Crippen LogP contribution in [0.25, 0.3) is 10.9 Å². The molecule has 0 bridgehead atoms. The molecule has 14 nitrogen and oxygen atoms in total. The van der Waals surface area contributed by atoms with Gasteiger partial charge in [0.05, 0.1) is 24.8 Å². The van der Waals surface area contributed by atoms with E-state index in [1.54, 1.807) is 43.2 Å². The minimum Gasteiger partial charge on any atom is -0.483 e. The van der Waals surface area contributed by atoms with Crippen LogP contribution in [0, 0.1) is 0 Å². The predicted octanol–water partition coefficient (Wildman–Crippen LogP) is 1.51. The van der Waals surface area contributed by atoms with E-state index in [0.717, 1.165) is 12.8 Å². The molecule has 2 atom stereocenters. The maximum Gasteiger partial charge on any atom is 0.409 e. The van der Waals surface area contributed by atoms with E-state index in [9.17, 15) is 29.1 Å². The summed E-state index contributed by atoms with van der Waals surface area (Å²) in [5, 5.41) is 12.5. The Labute approximate surface area is 255 Å². The molecule has 2 aromatic rings. The van der Waals surface area contributed by atoms with Gasteiger partial charge in [-0.2, -0.15) is 0 Å². The van der Waals surface area contributed by atoms with E-state index >= 15 is 0 Å². The van der Waals surface area contributed by atoms with Crippen LogP contribution in [0.1, 0.15) is 43.1 Å². The summed E-state index contributed by atoms with van der Waals surface area (Å²) >= 11 is 0. The molecule has 44 heavy (non-hydrogen) atoms. The number of carboxylic acids is 1. The zero-order valence-electron chi connectivity index (χ0n) is 25.0. The normalized spacial score (nSPS) is 17.3. The molecule has 2 fully saturated rings. The first-order valence-corrected chi connectivity index (χ1v) is 14.8. The quantitative estimate of drug-likeness (QED) is 0.358. The lowest BCUT2D eigenvalue weighted by Crippen LogP contribution is -2.56. The second-order valence-corrected chi connectivity index (χ2v) is 10.6. The second-order valence-electron chi connectivity index (χ2n) is 10.6. The number of likely N-dealkylation sites (tertiary alicyclic amines) is 1. The molecule has 1 aromatic carbocycles. The van der Waals surface area contributed by atoms with Gasteiger partial charge < -0.3 is 39.3 Å². The number of pyridine rings is 1. The van der Waals surface area contributed by atoms with Crippen LogP contribution in [0.2, 0.25) is 0 Å². The smallest absolute Gasteiger partial charge is 0.409 e. The highest BCUT2D eigenvalue weighted by atomic mass is 16.6. The highest BCUT2D eigenvalue weighted by molar-refractivity contribution is 5.99. The third-order valence-electron chi connectivity index (χ3n) is 7.69. The fraction of sp³-hybridized carbons (Fsp3) is 0.533. The number of para-hydroxylation sites is 1. The van der Waals surface area contributed by atoms with Gasteiger partial charge in [0.1, 0.15) is 17.5 Å². The van der Waals surface area contributed by atoms with Gasteiger partial charge in [-0.3, -0.25) is 19.2 Å². The number of rotatable bonds is 12. The minimum atomic E-state index is -1.14. The number of ether oxygens (including phenoxy) is 3. The SMILES string of the molecule is CCOC(=O)N1CCN(C(=O)[C@H](CCC(=O)O)NC(=O)c2cc(OCC(=O)N3CCC[C@H]3COC)c3ccccc3n2)CC1. The number of hydrogen-bond acceptors (Lipinski definition) is 9. The van der Waals surface area contributed by atoms with Gasteiger partial charge in [0.25, 0.3) is 11.8 Å². The molecule has 3 heterocycles. The van der Waals surface area contributed by atoms with Crippen molar-refractivity contribution in [2.45, 2.75) is 44.7 Å². The molecular formula is C30H39N5O9. The summed E-state index contributed by atoms with van der Waals surface area (Å²) in [6.07, 6.45) is 0.784. The topological polar surface area (TPSA) is 168 Å². The van der Waals surface area contributed by atoms with E-state index in [2.05, 4.69) is 10.3 Å². The summed E-state index contributed by atoms with van der Waals surface area (Å²) in [4.78, 5) is 72.4. The number of aliphatic carboxylic acids is 1. The van der Waals surface area contributed by atoms with Crippen LogP contribution in [0.15, 0.2) is 30.3 Å². The molecule has 14 heteroatoms. The summed E-state index contributed by atoms with van der Waals surface area (Å²) in [6.45, 7) is 3.67. The van der Waals surface area contributed by atoms with Crippen LogP contribution in [-0.2, 0) is 23.9 Å². The maximum atomic E-state index is 13.5. The van der Waals surface area contributed by atoms with Crippen molar-refractivity contribution in [2.75, 3.05) is 59.7 Å². The van der Waals surface area contributed by atoms with E-state index in [1.165, 1.54) is 15.9 Å². The lowest BCUT2D eigenvalue weighted by atomic mass is 10.1. The first-order valence-electron chi connectivity index (χ1n) is 14.8. The zero-order valence-corrected chi connectivity index (χ0v) is 25.0. The molecule has 2 saturated heterocycles. The number of carboxylic acid groups (broad SMARTS) is 1. The number of amides is 4. The standard InChI is InChI=1S/C30H39N5O9/c1-3-43-30(41)34-15-13-33(14-16-34)29(40)23(10-11-27(37)38)32-28(39)24-17-25(21-8-4-5-9-22(21)31-24)44-19-26(36)35-12-6-7-20(35)18-42-2/h4-5,8-9,17,20,23H,3,6-7,10-16,18-19H2,1-2H3,(H,32,39)(H,37,38)/t20-,23-/m0/s1. The van der Waals surface area contributed by atoms with Crippen LogP contribution >= 0.6 is 0 Å². The monoisotopic (exact) mass is 613 g/mol. The number of piperazine rings is 1. The Kier molecular flexibility index (Phi) is 11.3. The Morgan fingerprint density at radius 2 is 1.80 bits per heavy atom. The van der Waals surface area contributed by atoms with Crippen molar-refractivity contribution in [1.82, 2.24) is 25.0 Å². The minimum absolute atomic E-state index is 0.0139. The van der Waals surface area contributed by atoms with Gasteiger partial charge >= 0.3 is 12.1 Å². The van der Waals surface area contributed by atoms with Gasteiger partial charge in [0, 0.05) is 57.7 Å². The summed E-state index contributed by atoms with van der Waals surface area (Å²) in [5.41, 5.74) is 0.398. The molecule has 0 radical (unpaired) electrons. The van der Waals surface area contributed by atoms with Gasteiger partial charge in [-0.05, 0) is 38.3 Å². The van der Waals surface area contributed by atoms with Crippen LogP contribution < -0.4 is 10.1 Å². The maximum absolute atomic E-state index is 13.5. The van der Waals surface area contributed by atoms with E-state index < -0.39 is 29.9 Å². The number of hydrogen-bond donors (Lipinski definition) is 2. The van der Waals surface area contributed by atoms with Crippen molar-refractivity contribution in [1.29, 1.82) is 0 Å². The Morgan fingerprint density at radius 1 is 1.07 bits per heavy atom. The number of fused-ring (bicyclic) bond motifs is 1. The zero-order chi connectivity index (χ0) is 31.6. The molecule has 2 N–H and O–H groups in total. The van der Waals surface area contributed by atoms with Crippen molar-refractivity contribution >= 4 is 40.7 Å². The highest BCUT2D eigenvalue weighted by Gasteiger charge is 2.32. The predicted molar refractivity (Wildman–Crippen MR) is 157 cm³/mol. The highest BCUT2D eigenvalue weighted by Crippen LogP contribution is 2.26. The van der Waals surface area contributed by atoms with Gasteiger partial charge in [-0.1, -0.05) is 12.1 Å². The van der Waals surface area contributed by atoms with Gasteiger partial charge in [0.15, 0.2) is 6.61 Å². The Balaban J connectivity index is 1.48. The number of nitrogens with zero attached hydrogens (tertiary/aromatic N) is 4. The number of carbonyl (C=O) groups is 5. The van der Waals surface area contributed by atoms with Crippen LogP contribution in [0.3, 0.4) is 0 Å². The number of methoxy groups -OCH3 is 1. The Bertz CT molecular complexity index is 1360. The van der Waals surface area contributed by atoms with E-state index in [-0.39, 0.29) is 75.6 Å². The first-order chi connectivity index (χ1) is 21.2. The van der Waals surface area contributed by atoms with E-state index in [1.807, 2.05) is 0 Å². The van der Waals surface area contributed by atoms with E-state index in [0.29, 0.717) is 24.1 Å². The third-order valence-corrected chi connectivity index (χ3v) is 7.69. The average molecular weight is 614 g/mol. The molecule has 0 spiro atoms. The molecule has 2 aliphatic heterocycles. The third kappa shape index (κ3) is 8.13. The summed E-state index contributed by atoms with van der Waals surface area (Å²) in [5.74, 6) is -2.18. The fourth-order valence-corrected chi connectivity index (χ4v) is 5.43. The molecule has 4 rings (SSSR count). The average Bonchev–Trinajstić information content (AvgIpc) is 3.49. The molecule has 0 aliphatic carbocycles. The van der Waals surface area contributed by atoms with Crippen LogP contribution in [0.5, 0.6) is 5.75 Å². The molecule has 238 valence electrons. The largest absolute Gasteiger partial charge is 0.483 e. The lowest BCUT2D eigenvalue weighted by molar-refractivity contribution is -0.138. The molecule has 1 aromatic heterocycles. The van der Waals surface area contributed by atoms with Crippen molar-refractivity contribution in [3.8, 4) is 5.75 Å². The Hall–Kier alpha value is -4.46. The number of aromatic nitrogens is 1. The van der Waals surface area contributed by atoms with Crippen molar-refractivity contribution in [3.05, 3.63) is 36.0 Å². The Morgan fingerprint density at radius 3 is 2.50 bits per heavy atom. The number of carbonyl (C=O) groups excluding carboxylic acids is 4. The molecule has 2 aliphatic rings. The van der Waals surface area contributed by atoms with E-state index in [4.69, 9.17) is 14.2 Å². The second kappa shape index (κ2) is 15.3. The first kappa shape index (κ1) is 32.5. The molecule has 0 saturated carbocycles. The molecular weight excluding hydrogens is 574 g/mol.